The summed E-state index contributed by atoms with van der Waals surface area (Å²) in [6.45, 7) is 3.67. The van der Waals surface area contributed by atoms with Gasteiger partial charge in [0.25, 0.3) is 5.69 Å². The van der Waals surface area contributed by atoms with Crippen molar-refractivity contribution in [2.24, 2.45) is 5.41 Å². The molecule has 1 aromatic carbocycles. The number of methoxy groups -OCH3 is 1. The highest BCUT2D eigenvalue weighted by atomic mass is 16.6. The van der Waals surface area contributed by atoms with Gasteiger partial charge < -0.3 is 10.1 Å². The molecule has 1 rings (SSSR count). The van der Waals surface area contributed by atoms with Gasteiger partial charge in [-0.25, -0.2) is 0 Å². The van der Waals surface area contributed by atoms with Crippen molar-refractivity contribution in [1.29, 1.82) is 0 Å². The monoisotopic (exact) mass is 252 g/mol. The summed E-state index contributed by atoms with van der Waals surface area (Å²) in [6, 6.07) is 6.30. The molecule has 6 heteroatoms. The molecular weight excluding hydrogens is 236 g/mol. The second-order valence-electron chi connectivity index (χ2n) is 4.50. The lowest BCUT2D eigenvalue weighted by Crippen LogP contribution is -2.33. The van der Waals surface area contributed by atoms with E-state index in [-0.39, 0.29) is 18.2 Å². The fourth-order valence-corrected chi connectivity index (χ4v) is 1.45. The zero-order valence-corrected chi connectivity index (χ0v) is 10.6. The molecule has 0 bridgehead atoms. The topological polar surface area (TPSA) is 81.5 Å². The van der Waals surface area contributed by atoms with Crippen molar-refractivity contribution in [3.05, 3.63) is 34.4 Å². The van der Waals surface area contributed by atoms with Crippen molar-refractivity contribution in [3.63, 3.8) is 0 Å². The molecule has 18 heavy (non-hydrogen) atoms. The minimum atomic E-state index is -0.752. The maximum atomic E-state index is 11.5. The smallest absolute Gasteiger partial charge is 0.313 e. The van der Waals surface area contributed by atoms with E-state index in [1.165, 1.54) is 13.2 Å². The molecule has 1 aromatic rings. The summed E-state index contributed by atoms with van der Waals surface area (Å²) >= 11 is 0. The number of benzene rings is 1. The Hall–Kier alpha value is -2.11. The van der Waals surface area contributed by atoms with Gasteiger partial charge in [-0.2, -0.15) is 0 Å². The summed E-state index contributed by atoms with van der Waals surface area (Å²) in [5, 5.41) is 13.7. The van der Waals surface area contributed by atoms with Gasteiger partial charge in [-0.05, 0) is 19.9 Å². The second-order valence-corrected chi connectivity index (χ2v) is 4.50. The van der Waals surface area contributed by atoms with Gasteiger partial charge in [0.2, 0.25) is 0 Å². The molecule has 0 aliphatic carbocycles. The van der Waals surface area contributed by atoms with Gasteiger partial charge in [0, 0.05) is 12.6 Å². The molecule has 0 heterocycles. The van der Waals surface area contributed by atoms with Gasteiger partial charge in [-0.3, -0.25) is 14.9 Å². The van der Waals surface area contributed by atoms with E-state index in [0.29, 0.717) is 5.69 Å². The maximum Gasteiger partial charge on any atom is 0.313 e. The molecule has 0 fully saturated rings. The van der Waals surface area contributed by atoms with Crippen LogP contribution >= 0.6 is 0 Å². The maximum absolute atomic E-state index is 11.5. The lowest BCUT2D eigenvalue weighted by Gasteiger charge is -2.22. The third kappa shape index (κ3) is 3.19. The summed E-state index contributed by atoms with van der Waals surface area (Å²) in [6.07, 6.45) is 0. The molecule has 98 valence electrons. The number of nitrogens with one attached hydrogen (secondary N) is 1. The molecule has 6 nitrogen and oxygen atoms in total. The number of nitro benzene ring substituents is 1. The van der Waals surface area contributed by atoms with Crippen LogP contribution in [0.25, 0.3) is 0 Å². The Balaban J connectivity index is 2.81. The van der Waals surface area contributed by atoms with Crippen molar-refractivity contribution >= 4 is 17.3 Å². The van der Waals surface area contributed by atoms with E-state index < -0.39 is 10.3 Å². The standard InChI is InChI=1S/C12H16N2O4/c1-12(2,11(15)18-3)8-13-9-6-4-5-7-10(9)14(16)17/h4-7,13H,8H2,1-3H3. The largest absolute Gasteiger partial charge is 0.469 e. The first kappa shape index (κ1) is 14.0. The molecule has 0 unspecified atom stereocenters. The molecule has 0 atom stereocenters. The molecular formula is C12H16N2O4. The number of anilines is 1. The first-order valence-electron chi connectivity index (χ1n) is 5.44. The first-order chi connectivity index (χ1) is 8.38. The summed E-state index contributed by atoms with van der Waals surface area (Å²) in [4.78, 5) is 21.8. The predicted octanol–water partition coefficient (Wildman–Crippen LogP) is 2.21. The molecule has 0 aliphatic heterocycles. The Morgan fingerprint density at radius 2 is 2.06 bits per heavy atom. The quantitative estimate of drug-likeness (QED) is 0.493. The Bertz CT molecular complexity index is 457. The lowest BCUT2D eigenvalue weighted by atomic mass is 9.93. The third-order valence-electron chi connectivity index (χ3n) is 2.56. The van der Waals surface area contributed by atoms with Gasteiger partial charge in [0.1, 0.15) is 5.69 Å². The highest BCUT2D eigenvalue weighted by Crippen LogP contribution is 2.25. The Kier molecular flexibility index (Phi) is 4.25. The van der Waals surface area contributed by atoms with Crippen LogP contribution < -0.4 is 5.32 Å². The van der Waals surface area contributed by atoms with E-state index in [2.05, 4.69) is 10.1 Å². The van der Waals surface area contributed by atoms with E-state index in [0.717, 1.165) is 0 Å². The Labute approximate surface area is 105 Å². The van der Waals surface area contributed by atoms with Crippen LogP contribution in [0.3, 0.4) is 0 Å². The number of ether oxygens (including phenoxy) is 1. The highest BCUT2D eigenvalue weighted by Gasteiger charge is 2.29. The van der Waals surface area contributed by atoms with Gasteiger partial charge >= 0.3 is 5.97 Å². The van der Waals surface area contributed by atoms with Crippen LogP contribution in [0.1, 0.15) is 13.8 Å². The number of para-hydroxylation sites is 2. The number of rotatable bonds is 5. The zero-order chi connectivity index (χ0) is 13.8. The van der Waals surface area contributed by atoms with E-state index in [1.54, 1.807) is 32.0 Å². The molecule has 0 spiro atoms. The van der Waals surface area contributed by atoms with Gasteiger partial charge in [0.15, 0.2) is 0 Å². The summed E-state index contributed by atoms with van der Waals surface area (Å²) < 4.78 is 4.67. The molecule has 0 saturated carbocycles. The second kappa shape index (κ2) is 5.48. The van der Waals surface area contributed by atoms with Crippen LogP contribution in [0.5, 0.6) is 0 Å². The molecule has 0 aliphatic rings. The fraction of sp³-hybridized carbons (Fsp3) is 0.417. The lowest BCUT2D eigenvalue weighted by molar-refractivity contribution is -0.384. The van der Waals surface area contributed by atoms with Gasteiger partial charge in [-0.15, -0.1) is 0 Å². The third-order valence-corrected chi connectivity index (χ3v) is 2.56. The zero-order valence-electron chi connectivity index (χ0n) is 10.6. The van der Waals surface area contributed by atoms with Crippen molar-refractivity contribution in [2.75, 3.05) is 19.0 Å². The number of nitrogens with zero attached hydrogens (tertiary/aromatic N) is 1. The summed E-state index contributed by atoms with van der Waals surface area (Å²) in [5.41, 5.74) is -0.379. The van der Waals surface area contributed by atoms with Crippen LogP contribution in [0.2, 0.25) is 0 Å². The average molecular weight is 252 g/mol. The van der Waals surface area contributed by atoms with Gasteiger partial charge in [-0.1, -0.05) is 12.1 Å². The SMILES string of the molecule is COC(=O)C(C)(C)CNc1ccccc1[N+](=O)[O-]. The Morgan fingerprint density at radius 3 is 2.61 bits per heavy atom. The van der Waals surface area contributed by atoms with Crippen molar-refractivity contribution in [1.82, 2.24) is 0 Å². The van der Waals surface area contributed by atoms with Crippen molar-refractivity contribution in [3.8, 4) is 0 Å². The van der Waals surface area contributed by atoms with E-state index in [1.807, 2.05) is 0 Å². The normalized spacial score (nSPS) is 10.8. The molecule has 0 amide bonds. The van der Waals surface area contributed by atoms with Crippen LogP contribution in [0.15, 0.2) is 24.3 Å². The molecule has 0 aromatic heterocycles. The fourth-order valence-electron chi connectivity index (χ4n) is 1.45. The molecule has 1 N–H and O–H groups in total. The van der Waals surface area contributed by atoms with Crippen LogP contribution in [0.4, 0.5) is 11.4 Å². The van der Waals surface area contributed by atoms with Crippen LogP contribution in [0, 0.1) is 15.5 Å². The highest BCUT2D eigenvalue weighted by molar-refractivity contribution is 5.77. The molecule has 0 radical (unpaired) electrons. The number of carbonyl (C=O) groups is 1. The van der Waals surface area contributed by atoms with Gasteiger partial charge in [0.05, 0.1) is 17.4 Å². The number of hydrogen-bond acceptors (Lipinski definition) is 5. The van der Waals surface area contributed by atoms with E-state index in [4.69, 9.17) is 0 Å². The van der Waals surface area contributed by atoms with Crippen molar-refractivity contribution < 1.29 is 14.5 Å². The van der Waals surface area contributed by atoms with E-state index in [9.17, 15) is 14.9 Å². The average Bonchev–Trinajstić information content (AvgIpc) is 2.35. The number of carbonyl (C=O) groups excluding carboxylic acids is 1. The minimum Gasteiger partial charge on any atom is -0.469 e. The first-order valence-corrected chi connectivity index (χ1v) is 5.44. The van der Waals surface area contributed by atoms with Crippen molar-refractivity contribution in [2.45, 2.75) is 13.8 Å². The summed E-state index contributed by atoms with van der Waals surface area (Å²) in [7, 11) is 1.31. The predicted molar refractivity (Wildman–Crippen MR) is 67.4 cm³/mol. The number of nitro groups is 1. The minimum absolute atomic E-state index is 0.0156. The Morgan fingerprint density at radius 1 is 1.44 bits per heavy atom. The molecule has 0 saturated heterocycles. The van der Waals surface area contributed by atoms with E-state index >= 15 is 0 Å². The van der Waals surface area contributed by atoms with Crippen LogP contribution in [-0.2, 0) is 9.53 Å². The number of esters is 1. The summed E-state index contributed by atoms with van der Waals surface area (Å²) in [5.74, 6) is -0.367. The van der Waals surface area contributed by atoms with Crippen LogP contribution in [-0.4, -0.2) is 24.5 Å². The number of hydrogen-bond donors (Lipinski definition) is 1.